The molecule has 1 aromatic rings. The average Bonchev–Trinajstić information content (AvgIpc) is 3.56. The third-order valence-corrected chi connectivity index (χ3v) is 17.5. The summed E-state index contributed by atoms with van der Waals surface area (Å²) in [5, 5.41) is 22.8. The molecule has 0 spiro atoms. The number of amides is 2. The molecule has 300 valence electrons. The van der Waals surface area contributed by atoms with Gasteiger partial charge in [-0.2, -0.15) is 0 Å². The summed E-state index contributed by atoms with van der Waals surface area (Å²) in [4.78, 5) is 29.9. The molecule has 1 aliphatic heterocycles. The van der Waals surface area contributed by atoms with Crippen molar-refractivity contribution in [2.45, 2.75) is 111 Å². The largest absolute Gasteiger partial charge is 0.478 e. The summed E-state index contributed by atoms with van der Waals surface area (Å²) in [6.07, 6.45) is 16.6. The number of urea groups is 1. The van der Waals surface area contributed by atoms with Gasteiger partial charge >= 0.3 is 12.0 Å². The zero-order valence-corrected chi connectivity index (χ0v) is 34.7. The topological polar surface area (TPSA) is 110 Å². The lowest BCUT2D eigenvalue weighted by Crippen LogP contribution is -2.68. The van der Waals surface area contributed by atoms with Gasteiger partial charge in [0.05, 0.1) is 5.56 Å². The second-order valence-electron chi connectivity index (χ2n) is 18.5. The van der Waals surface area contributed by atoms with Crippen LogP contribution in [0, 0.1) is 45.8 Å². The Balaban J connectivity index is 0.00000160. The van der Waals surface area contributed by atoms with Gasteiger partial charge in [-0.25, -0.2) is 9.59 Å². The smallest absolute Gasteiger partial charge is 0.335 e. The minimum absolute atomic E-state index is 0.0452. The maximum Gasteiger partial charge on any atom is 0.335 e. The first-order valence-corrected chi connectivity index (χ1v) is 22.6. The van der Waals surface area contributed by atoms with E-state index in [4.69, 9.17) is 0 Å². The first-order chi connectivity index (χ1) is 25.8. The fraction of sp³-hybridized carbons (Fsp3) is 0.733. The van der Waals surface area contributed by atoms with E-state index in [9.17, 15) is 24.0 Å². The second kappa shape index (κ2) is 16.5. The maximum atomic E-state index is 14.2. The zero-order valence-electron chi connectivity index (χ0n) is 33.9. The van der Waals surface area contributed by atoms with Gasteiger partial charge in [-0.15, -0.1) is 6.58 Å². The number of aromatic carboxylic acids is 1. The summed E-state index contributed by atoms with van der Waals surface area (Å²) in [6.45, 7) is 19.3. The minimum atomic E-state index is -0.875. The summed E-state index contributed by atoms with van der Waals surface area (Å²) in [5.41, 5.74) is 3.49. The van der Waals surface area contributed by atoms with E-state index in [2.05, 4.69) is 50.6 Å². The second-order valence-corrected chi connectivity index (χ2v) is 20.2. The number of hydrogen-bond acceptors (Lipinski definition) is 5. The van der Waals surface area contributed by atoms with Crippen molar-refractivity contribution in [2.75, 3.05) is 50.8 Å². The van der Waals surface area contributed by atoms with Crippen molar-refractivity contribution in [1.82, 2.24) is 15.1 Å². The molecule has 9 atom stereocenters. The minimum Gasteiger partial charge on any atom is -0.478 e. The van der Waals surface area contributed by atoms with Crippen LogP contribution < -0.4 is 5.32 Å². The average molecular weight is 764 g/mol. The molecule has 5 fully saturated rings. The summed E-state index contributed by atoms with van der Waals surface area (Å²) >= 11 is 0. The Hall–Kier alpha value is -2.49. The molecule has 5 aliphatic carbocycles. The van der Waals surface area contributed by atoms with Crippen molar-refractivity contribution in [1.29, 1.82) is 0 Å². The van der Waals surface area contributed by atoms with Crippen LogP contribution in [0.25, 0.3) is 5.57 Å². The van der Waals surface area contributed by atoms with Crippen molar-refractivity contribution in [3.05, 3.63) is 54.1 Å². The molecule has 3 N–H and O–H groups in total. The Bertz CT molecular complexity index is 1570. The number of allylic oxidation sites excluding steroid dienone is 3. The molecule has 7 rings (SSSR count). The van der Waals surface area contributed by atoms with Gasteiger partial charge in [-0.1, -0.05) is 58.4 Å². The number of nitrogens with one attached hydrogen (secondary N) is 1. The molecule has 9 heteroatoms. The van der Waals surface area contributed by atoms with E-state index in [0.29, 0.717) is 66.2 Å². The van der Waals surface area contributed by atoms with Gasteiger partial charge in [0.15, 0.2) is 0 Å². The molecule has 0 bridgehead atoms. The number of benzene rings is 1. The molecular weight excluding hydrogens is 695 g/mol. The number of aliphatic hydroxyl groups is 1. The van der Waals surface area contributed by atoms with Crippen LogP contribution in [0.5, 0.6) is 0 Å². The van der Waals surface area contributed by atoms with Crippen molar-refractivity contribution >= 4 is 28.4 Å². The van der Waals surface area contributed by atoms with Crippen molar-refractivity contribution in [3.63, 3.8) is 0 Å². The highest BCUT2D eigenvalue weighted by Gasteiger charge is 2.68. The van der Waals surface area contributed by atoms with E-state index < -0.39 is 16.8 Å². The summed E-state index contributed by atoms with van der Waals surface area (Å²) in [7, 11) is -0.713. The molecular formula is C45H69N3O5S. The van der Waals surface area contributed by atoms with Crippen LogP contribution in [-0.4, -0.2) is 92.6 Å². The number of carboxylic acids is 1. The molecule has 0 aromatic heterocycles. The number of carbonyl (C=O) groups excluding carboxylic acids is 1. The SMILES string of the molecule is C=CC.CC1C(c2ccc(C(=O)O)cc2)=CCC2(C)C1CCC1(C)C2CCC2C3CCCC3(NC(=O)N(CCCO)CCN3CCS(=O)CC3)CC[C@]21C. The van der Waals surface area contributed by atoms with E-state index in [-0.39, 0.29) is 34.4 Å². The highest BCUT2D eigenvalue weighted by molar-refractivity contribution is 7.85. The fourth-order valence-corrected chi connectivity index (χ4v) is 14.4. The maximum absolute atomic E-state index is 14.2. The first-order valence-electron chi connectivity index (χ1n) is 21.1. The van der Waals surface area contributed by atoms with E-state index >= 15 is 0 Å². The van der Waals surface area contributed by atoms with E-state index in [1.165, 1.54) is 49.7 Å². The Morgan fingerprint density at radius 1 is 0.963 bits per heavy atom. The van der Waals surface area contributed by atoms with Gasteiger partial charge in [-0.05, 0) is 140 Å². The predicted octanol–water partition coefficient (Wildman–Crippen LogP) is 8.25. The zero-order chi connectivity index (χ0) is 38.9. The number of fused-ring (bicyclic) bond motifs is 7. The molecule has 1 aromatic carbocycles. The van der Waals surface area contributed by atoms with Crippen molar-refractivity contribution < 1.29 is 24.0 Å². The van der Waals surface area contributed by atoms with Gasteiger partial charge < -0.3 is 20.4 Å². The lowest BCUT2D eigenvalue weighted by Gasteiger charge is -2.71. The Morgan fingerprint density at radius 2 is 1.67 bits per heavy atom. The molecule has 8 unspecified atom stereocenters. The number of nitrogens with zero attached hydrogens (tertiary/aromatic N) is 2. The molecule has 2 amide bonds. The van der Waals surface area contributed by atoms with Gasteiger partial charge in [0.25, 0.3) is 0 Å². The van der Waals surface area contributed by atoms with E-state index in [1.807, 2.05) is 24.0 Å². The van der Waals surface area contributed by atoms with Crippen molar-refractivity contribution in [2.24, 2.45) is 45.8 Å². The highest BCUT2D eigenvalue weighted by Crippen LogP contribution is 2.75. The monoisotopic (exact) mass is 763 g/mol. The van der Waals surface area contributed by atoms with Crippen molar-refractivity contribution in [3.8, 4) is 0 Å². The first kappa shape index (κ1) is 41.2. The number of carbonyl (C=O) groups is 2. The quantitative estimate of drug-likeness (QED) is 0.219. The number of carboxylic acid groups (broad SMARTS) is 1. The van der Waals surface area contributed by atoms with Gasteiger partial charge in [0.1, 0.15) is 0 Å². The number of hydrogen-bond donors (Lipinski definition) is 3. The number of aliphatic hydroxyl groups excluding tert-OH is 1. The van der Waals surface area contributed by atoms with Crippen LogP contribution in [0.3, 0.4) is 0 Å². The van der Waals surface area contributed by atoms with E-state index in [1.54, 1.807) is 18.2 Å². The third kappa shape index (κ3) is 7.40. The van der Waals surface area contributed by atoms with Crippen LogP contribution in [-0.2, 0) is 10.8 Å². The Kier molecular flexibility index (Phi) is 12.6. The summed E-state index contributed by atoms with van der Waals surface area (Å²) in [5.74, 6) is 3.38. The lowest BCUT2D eigenvalue weighted by atomic mass is 9.34. The standard InChI is InChI=1S/C42H63N3O5S.C3H6/c1-29-32(30-8-10-31(11-9-30)37(47)48)14-17-39(2)33(29)15-18-41(4)36(39)13-12-34-35-7-5-16-42(35,20-19-40(34,41)3)43-38(49)45(21-6-26-46)23-22-44-24-27-51(50)28-25-44;1-3-2/h8-11,14,29,33-36,46H,5-7,12-13,15-28H2,1-4H3,(H,43,49)(H,47,48);3H,1H2,2H3/t29?,33?,34?,35?,36?,39?,40-,41?,42?;/m1./s1. The molecule has 54 heavy (non-hydrogen) atoms. The predicted molar refractivity (Wildman–Crippen MR) is 220 cm³/mol. The van der Waals surface area contributed by atoms with E-state index in [0.717, 1.165) is 45.3 Å². The Labute approximate surface area is 328 Å². The normalized spacial score (nSPS) is 37.6. The van der Waals surface area contributed by atoms with Crippen LogP contribution in [0.4, 0.5) is 4.79 Å². The molecule has 1 heterocycles. The van der Waals surface area contributed by atoms with Gasteiger partial charge in [-0.3, -0.25) is 9.11 Å². The van der Waals surface area contributed by atoms with Crippen LogP contribution in [0.2, 0.25) is 0 Å². The fourth-order valence-electron chi connectivity index (χ4n) is 13.2. The van der Waals surface area contributed by atoms with Gasteiger partial charge in [0.2, 0.25) is 0 Å². The molecule has 8 nitrogen and oxygen atoms in total. The molecule has 6 aliphatic rings. The Morgan fingerprint density at radius 3 is 2.33 bits per heavy atom. The van der Waals surface area contributed by atoms with Gasteiger partial charge in [0, 0.05) is 67.2 Å². The van der Waals surface area contributed by atoms with Crippen LogP contribution in [0.1, 0.15) is 121 Å². The molecule has 1 saturated heterocycles. The molecule has 4 saturated carbocycles. The number of rotatable bonds is 9. The van der Waals surface area contributed by atoms with Crippen LogP contribution >= 0.6 is 0 Å². The summed E-state index contributed by atoms with van der Waals surface area (Å²) < 4.78 is 11.9. The highest BCUT2D eigenvalue weighted by atomic mass is 32.2. The third-order valence-electron chi connectivity index (χ3n) is 16.2. The summed E-state index contributed by atoms with van der Waals surface area (Å²) in [6, 6.07) is 7.56. The lowest BCUT2D eigenvalue weighted by molar-refractivity contribution is -0.210. The molecule has 0 radical (unpaired) electrons. The van der Waals surface area contributed by atoms with Crippen LogP contribution in [0.15, 0.2) is 43.0 Å².